The third-order valence-corrected chi connectivity index (χ3v) is 7.71. The van der Waals surface area contributed by atoms with Crippen molar-refractivity contribution >= 4 is 44.1 Å². The molecular formula is C21H17ClF3N9O3S. The molecule has 1 amide bonds. The number of nitrogens with one attached hydrogen (secondary N) is 2. The third kappa shape index (κ3) is 5.08. The molecule has 0 spiro atoms. The number of nitrogens with zero attached hydrogens (tertiary/aromatic N) is 7. The largest absolute Gasteiger partial charge is 0.418 e. The second-order valence-electron chi connectivity index (χ2n) is 8.47. The molecule has 1 saturated heterocycles. The van der Waals surface area contributed by atoms with Crippen LogP contribution in [0.2, 0.25) is 5.02 Å². The maximum Gasteiger partial charge on any atom is 0.418 e. The highest BCUT2D eigenvalue weighted by Crippen LogP contribution is 2.38. The van der Waals surface area contributed by atoms with Crippen molar-refractivity contribution in [2.45, 2.75) is 25.2 Å². The van der Waals surface area contributed by atoms with Gasteiger partial charge in [0.2, 0.25) is 0 Å². The van der Waals surface area contributed by atoms with E-state index in [0.717, 1.165) is 18.7 Å². The molecule has 5 rings (SSSR count). The van der Waals surface area contributed by atoms with Crippen molar-refractivity contribution in [3.8, 4) is 5.82 Å². The Bertz CT molecular complexity index is 1650. The van der Waals surface area contributed by atoms with E-state index >= 15 is 0 Å². The molecule has 12 nitrogen and oxygen atoms in total. The number of rotatable bonds is 6. The smallest absolute Gasteiger partial charge is 0.360 e. The van der Waals surface area contributed by atoms with Gasteiger partial charge in [-0.1, -0.05) is 11.6 Å². The number of alkyl halides is 3. The van der Waals surface area contributed by atoms with Gasteiger partial charge in [0.1, 0.15) is 30.5 Å². The van der Waals surface area contributed by atoms with E-state index in [1.54, 1.807) is 6.92 Å². The minimum absolute atomic E-state index is 0.0162. The van der Waals surface area contributed by atoms with Crippen molar-refractivity contribution in [2.75, 3.05) is 16.8 Å². The summed E-state index contributed by atoms with van der Waals surface area (Å²) in [5, 5.41) is 9.67. The number of amides is 1. The fourth-order valence-electron chi connectivity index (χ4n) is 3.95. The standard InChI is InChI=1S/C21H17ClF3N9O3S/c1-10(32-18-13-2-11(22)3-14(21(23,24)25)17(13)28-8-29-18)19-30-9-31-34(19)16-4-15(26-7-27-16)20(35)33-12-5-38(36,37)6-12/h2-4,7-10,12H,5-6H2,1H3,(H,33,35)(H,28,29,32)/t10-/m0/s1. The van der Waals surface area contributed by atoms with Crippen molar-refractivity contribution in [1.29, 1.82) is 0 Å². The van der Waals surface area contributed by atoms with Gasteiger partial charge in [0.05, 0.1) is 34.7 Å². The Hall–Kier alpha value is -3.92. The maximum absolute atomic E-state index is 13.5. The minimum Gasteiger partial charge on any atom is -0.360 e. The molecule has 38 heavy (non-hydrogen) atoms. The summed E-state index contributed by atoms with van der Waals surface area (Å²) in [4.78, 5) is 32.7. The van der Waals surface area contributed by atoms with E-state index in [-0.39, 0.29) is 44.8 Å². The molecule has 1 fully saturated rings. The lowest BCUT2D eigenvalue weighted by Gasteiger charge is -2.26. The molecule has 198 valence electrons. The van der Waals surface area contributed by atoms with Crippen molar-refractivity contribution in [3.05, 3.63) is 59.3 Å². The Morgan fingerprint density at radius 2 is 1.82 bits per heavy atom. The number of halogens is 4. The first-order valence-electron chi connectivity index (χ1n) is 10.9. The van der Waals surface area contributed by atoms with Crippen LogP contribution in [0.5, 0.6) is 0 Å². The molecule has 1 aromatic carbocycles. The molecule has 2 N–H and O–H groups in total. The van der Waals surface area contributed by atoms with E-state index in [1.807, 2.05) is 0 Å². The van der Waals surface area contributed by atoms with Gasteiger partial charge in [-0.15, -0.1) is 0 Å². The van der Waals surface area contributed by atoms with Gasteiger partial charge in [-0.25, -0.2) is 33.3 Å². The van der Waals surface area contributed by atoms with Crippen LogP contribution in [0.3, 0.4) is 0 Å². The van der Waals surface area contributed by atoms with E-state index in [1.165, 1.54) is 23.1 Å². The summed E-state index contributed by atoms with van der Waals surface area (Å²) in [5.74, 6) is -0.289. The molecule has 1 aliphatic heterocycles. The number of fused-ring (bicyclic) bond motifs is 1. The molecule has 1 aliphatic rings. The zero-order valence-corrected chi connectivity index (χ0v) is 20.9. The Balaban J connectivity index is 1.41. The van der Waals surface area contributed by atoms with Crippen molar-refractivity contribution < 1.29 is 26.4 Å². The molecular weight excluding hydrogens is 551 g/mol. The Morgan fingerprint density at radius 3 is 2.53 bits per heavy atom. The first-order chi connectivity index (χ1) is 17.9. The summed E-state index contributed by atoms with van der Waals surface area (Å²) in [6.07, 6.45) is -1.28. The predicted molar refractivity (Wildman–Crippen MR) is 128 cm³/mol. The fraction of sp³-hybridized carbons (Fsp3) is 0.286. The lowest BCUT2D eigenvalue weighted by Crippen LogP contribution is -2.53. The summed E-state index contributed by atoms with van der Waals surface area (Å²) >= 11 is 5.96. The Labute approximate surface area is 217 Å². The van der Waals surface area contributed by atoms with Gasteiger partial charge in [0.15, 0.2) is 21.5 Å². The minimum atomic E-state index is -4.68. The van der Waals surface area contributed by atoms with Gasteiger partial charge >= 0.3 is 6.18 Å². The average Bonchev–Trinajstić information content (AvgIpc) is 3.32. The number of anilines is 1. The van der Waals surface area contributed by atoms with E-state index in [2.05, 4.69) is 40.7 Å². The number of hydrogen-bond donors (Lipinski definition) is 2. The molecule has 4 heterocycles. The van der Waals surface area contributed by atoms with Crippen LogP contribution < -0.4 is 10.6 Å². The molecule has 1 atom stereocenters. The predicted octanol–water partition coefficient (Wildman–Crippen LogP) is 2.37. The number of benzene rings is 1. The van der Waals surface area contributed by atoms with E-state index < -0.39 is 39.6 Å². The van der Waals surface area contributed by atoms with Crippen LogP contribution in [0.25, 0.3) is 16.7 Å². The van der Waals surface area contributed by atoms with Crippen LogP contribution in [0.1, 0.15) is 34.8 Å². The van der Waals surface area contributed by atoms with Crippen molar-refractivity contribution in [3.63, 3.8) is 0 Å². The number of aromatic nitrogens is 7. The van der Waals surface area contributed by atoms with Crippen LogP contribution in [-0.4, -0.2) is 66.6 Å². The van der Waals surface area contributed by atoms with Crippen molar-refractivity contribution in [1.82, 2.24) is 40.0 Å². The second-order valence-corrected chi connectivity index (χ2v) is 11.1. The first kappa shape index (κ1) is 25.7. The lowest BCUT2D eigenvalue weighted by molar-refractivity contribution is -0.136. The number of carbonyl (C=O) groups is 1. The summed E-state index contributed by atoms with van der Waals surface area (Å²) in [5.41, 5.74) is -1.33. The van der Waals surface area contributed by atoms with Crippen LogP contribution in [-0.2, 0) is 16.0 Å². The summed E-state index contributed by atoms with van der Waals surface area (Å²) < 4.78 is 64.6. The Kier molecular flexibility index (Phi) is 6.38. The molecule has 4 aromatic rings. The number of sulfone groups is 1. The maximum atomic E-state index is 13.5. The lowest BCUT2D eigenvalue weighted by atomic mass is 10.1. The van der Waals surface area contributed by atoms with Gasteiger partial charge < -0.3 is 10.6 Å². The van der Waals surface area contributed by atoms with Crippen LogP contribution in [0, 0.1) is 0 Å². The molecule has 0 radical (unpaired) electrons. The average molecular weight is 568 g/mol. The highest BCUT2D eigenvalue weighted by Gasteiger charge is 2.35. The first-order valence-corrected chi connectivity index (χ1v) is 13.1. The summed E-state index contributed by atoms with van der Waals surface area (Å²) in [6.45, 7) is 1.68. The SMILES string of the molecule is C[C@H](Nc1ncnc2c(C(F)(F)F)cc(Cl)cc12)c1ncnn1-c1cc(C(=O)NC2CS(=O)(=O)C2)ncn1. The zero-order chi connectivity index (χ0) is 27.2. The fourth-order valence-corrected chi connectivity index (χ4v) is 5.46. The summed E-state index contributed by atoms with van der Waals surface area (Å²) in [7, 11) is -3.12. The molecule has 3 aromatic heterocycles. The third-order valence-electron chi connectivity index (χ3n) is 5.67. The van der Waals surface area contributed by atoms with Gasteiger partial charge in [-0.05, 0) is 19.1 Å². The molecule has 0 saturated carbocycles. The Morgan fingerprint density at radius 1 is 1.08 bits per heavy atom. The van der Waals surface area contributed by atoms with Crippen LogP contribution in [0.15, 0.2) is 37.2 Å². The monoisotopic (exact) mass is 567 g/mol. The van der Waals surface area contributed by atoms with E-state index in [9.17, 15) is 26.4 Å². The quantitative estimate of drug-likeness (QED) is 0.354. The molecule has 0 aliphatic carbocycles. The van der Waals surface area contributed by atoms with Crippen molar-refractivity contribution in [2.24, 2.45) is 0 Å². The number of carbonyl (C=O) groups excluding carboxylic acids is 1. The molecule has 0 unspecified atom stereocenters. The molecule has 17 heteroatoms. The zero-order valence-electron chi connectivity index (χ0n) is 19.3. The second kappa shape index (κ2) is 9.43. The highest BCUT2D eigenvalue weighted by molar-refractivity contribution is 7.92. The summed E-state index contributed by atoms with van der Waals surface area (Å²) in [6, 6.07) is 2.33. The molecule has 0 bridgehead atoms. The highest BCUT2D eigenvalue weighted by atomic mass is 35.5. The van der Waals surface area contributed by atoms with Crippen LogP contribution in [0.4, 0.5) is 19.0 Å². The van der Waals surface area contributed by atoms with Crippen LogP contribution >= 0.6 is 11.6 Å². The topological polar surface area (TPSA) is 158 Å². The van der Waals surface area contributed by atoms with E-state index in [0.29, 0.717) is 5.82 Å². The van der Waals surface area contributed by atoms with Gasteiger partial charge in [0, 0.05) is 16.5 Å². The van der Waals surface area contributed by atoms with Gasteiger partial charge in [-0.3, -0.25) is 4.79 Å². The number of hydrogen-bond acceptors (Lipinski definition) is 10. The van der Waals surface area contributed by atoms with E-state index in [4.69, 9.17) is 11.6 Å². The van der Waals surface area contributed by atoms with Gasteiger partial charge in [-0.2, -0.15) is 23.0 Å². The normalized spacial score (nSPS) is 16.1. The van der Waals surface area contributed by atoms with Gasteiger partial charge in [0.25, 0.3) is 5.91 Å².